The van der Waals surface area contributed by atoms with Crippen molar-refractivity contribution in [3.63, 3.8) is 0 Å². The summed E-state index contributed by atoms with van der Waals surface area (Å²) < 4.78 is 8.27. The first-order valence-corrected chi connectivity index (χ1v) is 7.96. The zero-order valence-electron chi connectivity index (χ0n) is 12.9. The van der Waals surface area contributed by atoms with Gasteiger partial charge in [-0.15, -0.1) is 0 Å². The molecule has 0 radical (unpaired) electrons. The van der Waals surface area contributed by atoms with Crippen LogP contribution in [-0.2, 0) is 7.05 Å². The van der Waals surface area contributed by atoms with Crippen LogP contribution in [0.3, 0.4) is 0 Å². The average Bonchev–Trinajstić information content (AvgIpc) is 2.74. The van der Waals surface area contributed by atoms with Crippen LogP contribution in [0.25, 0.3) is 11.0 Å². The Balaban J connectivity index is 1.48. The third-order valence-corrected chi connectivity index (χ3v) is 5.37. The molecule has 2 aromatic rings. The third kappa shape index (κ3) is 2.22. The van der Waals surface area contributed by atoms with Crippen LogP contribution in [0, 0.1) is 12.3 Å². The maximum absolute atomic E-state index is 6.14. The molecule has 2 fully saturated rings. The summed E-state index contributed by atoms with van der Waals surface area (Å²) in [6.45, 7) is 4.51. The zero-order chi connectivity index (χ0) is 14.4. The lowest BCUT2D eigenvalue weighted by Crippen LogP contribution is -2.55. The van der Waals surface area contributed by atoms with Crippen molar-refractivity contribution in [2.45, 2.75) is 38.7 Å². The fourth-order valence-electron chi connectivity index (χ4n) is 3.70. The lowest BCUT2D eigenvalue weighted by Gasteiger charge is -2.47. The number of fused-ring (bicyclic) bond motifs is 1. The Labute approximate surface area is 125 Å². The summed E-state index contributed by atoms with van der Waals surface area (Å²) in [5, 5.41) is 4.59. The highest BCUT2D eigenvalue weighted by molar-refractivity contribution is 5.77. The van der Waals surface area contributed by atoms with Crippen LogP contribution in [0.4, 0.5) is 0 Å². The SMILES string of the molecule is Cc1cc2ccc(OC3CCC4(CC3)CNC4)nc2n1C. The molecule has 0 atom stereocenters. The van der Waals surface area contributed by atoms with Gasteiger partial charge in [0.05, 0.1) is 0 Å². The van der Waals surface area contributed by atoms with Crippen LogP contribution >= 0.6 is 0 Å². The van der Waals surface area contributed by atoms with Gasteiger partial charge in [-0.25, -0.2) is 0 Å². The van der Waals surface area contributed by atoms with Crippen molar-refractivity contribution < 1.29 is 4.74 Å². The minimum absolute atomic E-state index is 0.336. The zero-order valence-corrected chi connectivity index (χ0v) is 12.9. The van der Waals surface area contributed by atoms with Gasteiger partial charge >= 0.3 is 0 Å². The van der Waals surface area contributed by atoms with Crippen molar-refractivity contribution in [3.05, 3.63) is 23.9 Å². The van der Waals surface area contributed by atoms with Crippen LogP contribution in [0.1, 0.15) is 31.4 Å². The molecule has 4 rings (SSSR count). The monoisotopic (exact) mass is 285 g/mol. The molecule has 0 amide bonds. The molecule has 1 saturated heterocycles. The predicted molar refractivity (Wildman–Crippen MR) is 83.6 cm³/mol. The fraction of sp³-hybridized carbons (Fsp3) is 0.588. The molecule has 1 aliphatic heterocycles. The summed E-state index contributed by atoms with van der Waals surface area (Å²) in [7, 11) is 2.06. The highest BCUT2D eigenvalue weighted by Crippen LogP contribution is 2.40. The van der Waals surface area contributed by atoms with E-state index in [4.69, 9.17) is 4.74 Å². The molecule has 1 N–H and O–H groups in total. The molecule has 21 heavy (non-hydrogen) atoms. The van der Waals surface area contributed by atoms with E-state index < -0.39 is 0 Å². The lowest BCUT2D eigenvalue weighted by molar-refractivity contribution is 0.0403. The second-order valence-corrected chi connectivity index (χ2v) is 6.83. The van der Waals surface area contributed by atoms with Gasteiger partial charge in [-0.05, 0) is 50.2 Å². The smallest absolute Gasteiger partial charge is 0.215 e. The number of nitrogens with zero attached hydrogens (tertiary/aromatic N) is 2. The number of ether oxygens (including phenoxy) is 1. The summed E-state index contributed by atoms with van der Waals surface area (Å²) in [6.07, 6.45) is 5.23. The largest absolute Gasteiger partial charge is 0.474 e. The van der Waals surface area contributed by atoms with Crippen molar-refractivity contribution in [2.75, 3.05) is 13.1 Å². The Kier molecular flexibility index (Phi) is 2.96. The van der Waals surface area contributed by atoms with Crippen molar-refractivity contribution in [3.8, 4) is 5.88 Å². The predicted octanol–water partition coefficient (Wildman–Crippen LogP) is 2.79. The van der Waals surface area contributed by atoms with E-state index in [9.17, 15) is 0 Å². The quantitative estimate of drug-likeness (QED) is 0.922. The lowest BCUT2D eigenvalue weighted by atomic mass is 9.69. The molecular weight excluding hydrogens is 262 g/mol. The number of nitrogens with one attached hydrogen (secondary N) is 1. The molecule has 1 aliphatic carbocycles. The Morgan fingerprint density at radius 3 is 2.71 bits per heavy atom. The highest BCUT2D eigenvalue weighted by Gasteiger charge is 2.40. The van der Waals surface area contributed by atoms with Crippen molar-refractivity contribution in [1.29, 1.82) is 0 Å². The van der Waals surface area contributed by atoms with Gasteiger partial charge in [0.15, 0.2) is 0 Å². The van der Waals surface area contributed by atoms with E-state index in [1.165, 1.54) is 37.0 Å². The van der Waals surface area contributed by atoms with E-state index in [0.717, 1.165) is 24.4 Å². The minimum Gasteiger partial charge on any atom is -0.474 e. The maximum Gasteiger partial charge on any atom is 0.215 e. The van der Waals surface area contributed by atoms with Gasteiger partial charge in [-0.3, -0.25) is 0 Å². The minimum atomic E-state index is 0.336. The Bertz CT molecular complexity index is 662. The molecule has 2 aromatic heterocycles. The van der Waals surface area contributed by atoms with E-state index in [0.29, 0.717) is 11.5 Å². The summed E-state index contributed by atoms with van der Waals surface area (Å²) in [4.78, 5) is 4.69. The molecule has 112 valence electrons. The van der Waals surface area contributed by atoms with Crippen molar-refractivity contribution >= 4 is 11.0 Å². The molecule has 0 unspecified atom stereocenters. The molecule has 4 heteroatoms. The van der Waals surface area contributed by atoms with Gasteiger partial charge < -0.3 is 14.6 Å². The molecule has 0 bridgehead atoms. The molecule has 1 saturated carbocycles. The van der Waals surface area contributed by atoms with Crippen molar-refractivity contribution in [1.82, 2.24) is 14.9 Å². The molecular formula is C17H23N3O. The van der Waals surface area contributed by atoms with Gasteiger partial charge in [0, 0.05) is 37.3 Å². The van der Waals surface area contributed by atoms with Gasteiger partial charge in [-0.2, -0.15) is 4.98 Å². The first kappa shape index (κ1) is 13.1. The van der Waals surface area contributed by atoms with Gasteiger partial charge in [0.25, 0.3) is 0 Å². The number of rotatable bonds is 2. The second kappa shape index (κ2) is 4.73. The van der Waals surface area contributed by atoms with Gasteiger partial charge in [-0.1, -0.05) is 0 Å². The summed E-state index contributed by atoms with van der Waals surface area (Å²) in [6, 6.07) is 6.29. The fourth-order valence-corrected chi connectivity index (χ4v) is 3.70. The number of aryl methyl sites for hydroxylation is 2. The van der Waals surface area contributed by atoms with E-state index in [1.807, 2.05) is 6.07 Å². The van der Waals surface area contributed by atoms with E-state index in [1.54, 1.807) is 0 Å². The van der Waals surface area contributed by atoms with Crippen molar-refractivity contribution in [2.24, 2.45) is 12.5 Å². The van der Waals surface area contributed by atoms with Crippen LogP contribution in [0.15, 0.2) is 18.2 Å². The first-order chi connectivity index (χ1) is 10.2. The Morgan fingerprint density at radius 2 is 2.05 bits per heavy atom. The van der Waals surface area contributed by atoms with Crippen LogP contribution in [0.5, 0.6) is 5.88 Å². The molecule has 2 aliphatic rings. The van der Waals surface area contributed by atoms with Crippen LogP contribution in [0.2, 0.25) is 0 Å². The number of hydrogen-bond donors (Lipinski definition) is 1. The number of hydrogen-bond acceptors (Lipinski definition) is 3. The Morgan fingerprint density at radius 1 is 1.29 bits per heavy atom. The van der Waals surface area contributed by atoms with Crippen LogP contribution < -0.4 is 10.1 Å². The standard InChI is InChI=1S/C17H23N3O/c1-12-9-13-3-4-15(19-16(13)20(12)2)21-14-5-7-17(8-6-14)10-18-11-17/h3-4,9,14,18H,5-8,10-11H2,1-2H3. The molecule has 4 nitrogen and oxygen atoms in total. The summed E-state index contributed by atoms with van der Waals surface area (Å²) in [5.74, 6) is 0.774. The maximum atomic E-state index is 6.14. The number of pyridine rings is 1. The second-order valence-electron chi connectivity index (χ2n) is 6.83. The highest BCUT2D eigenvalue weighted by atomic mass is 16.5. The molecule has 1 spiro atoms. The Hall–Kier alpha value is -1.55. The van der Waals surface area contributed by atoms with E-state index >= 15 is 0 Å². The van der Waals surface area contributed by atoms with Gasteiger partial charge in [0.1, 0.15) is 11.8 Å². The molecule has 0 aromatic carbocycles. The van der Waals surface area contributed by atoms with E-state index in [-0.39, 0.29) is 0 Å². The molecule has 3 heterocycles. The first-order valence-electron chi connectivity index (χ1n) is 7.96. The number of aromatic nitrogens is 2. The van der Waals surface area contributed by atoms with Gasteiger partial charge in [0.2, 0.25) is 5.88 Å². The summed E-state index contributed by atoms with van der Waals surface area (Å²) >= 11 is 0. The normalized spacial score (nSPS) is 21.6. The topological polar surface area (TPSA) is 39.1 Å². The van der Waals surface area contributed by atoms with Crippen LogP contribution in [-0.4, -0.2) is 28.7 Å². The van der Waals surface area contributed by atoms with E-state index in [2.05, 4.69) is 41.0 Å². The average molecular weight is 285 g/mol. The summed E-state index contributed by atoms with van der Waals surface area (Å²) in [5.41, 5.74) is 2.83. The third-order valence-electron chi connectivity index (χ3n) is 5.37.